The van der Waals surface area contributed by atoms with Crippen molar-refractivity contribution in [3.05, 3.63) is 84.7 Å². The highest BCUT2D eigenvalue weighted by molar-refractivity contribution is 7.09. The van der Waals surface area contributed by atoms with Gasteiger partial charge >= 0.3 is 5.69 Å². The maximum absolute atomic E-state index is 13.0. The Morgan fingerprint density at radius 1 is 1.10 bits per heavy atom. The lowest BCUT2D eigenvalue weighted by Crippen LogP contribution is -3.08. The number of thiophene rings is 1. The molecule has 3 aromatic rings. The van der Waals surface area contributed by atoms with Crippen LogP contribution in [0.25, 0.3) is 0 Å². The van der Waals surface area contributed by atoms with Crippen molar-refractivity contribution in [2.24, 2.45) is 0 Å². The van der Waals surface area contributed by atoms with E-state index in [2.05, 4.69) is 0 Å². The molecule has 0 aliphatic heterocycles. The molecule has 0 saturated carbocycles. The Kier molecular flexibility index (Phi) is 6.46. The SMILES string of the molecule is CCn1c(=O)c(C(=O)C[NH+](C)Cc2cccs2)c(N)n(Cc2ccccc2)c1=O. The van der Waals surface area contributed by atoms with Crippen LogP contribution in [0.5, 0.6) is 0 Å². The molecular formula is C21H25N4O3S+. The minimum Gasteiger partial charge on any atom is -0.384 e. The van der Waals surface area contributed by atoms with Crippen molar-refractivity contribution in [3.8, 4) is 0 Å². The lowest BCUT2D eigenvalue weighted by molar-refractivity contribution is -0.884. The van der Waals surface area contributed by atoms with Gasteiger partial charge in [0.2, 0.25) is 5.78 Å². The molecule has 0 aliphatic rings. The molecule has 0 fully saturated rings. The predicted octanol–water partition coefficient (Wildman–Crippen LogP) is 0.620. The van der Waals surface area contributed by atoms with Crippen LogP contribution in [0.1, 0.15) is 27.7 Å². The van der Waals surface area contributed by atoms with Crippen molar-refractivity contribution in [3.63, 3.8) is 0 Å². The number of benzene rings is 1. The van der Waals surface area contributed by atoms with E-state index in [0.717, 1.165) is 19.9 Å². The van der Waals surface area contributed by atoms with Crippen LogP contribution in [0.2, 0.25) is 0 Å². The van der Waals surface area contributed by atoms with Crippen LogP contribution in [0.3, 0.4) is 0 Å². The Morgan fingerprint density at radius 2 is 1.83 bits per heavy atom. The number of anilines is 1. The summed E-state index contributed by atoms with van der Waals surface area (Å²) in [6, 6.07) is 13.3. The van der Waals surface area contributed by atoms with E-state index in [-0.39, 0.29) is 36.8 Å². The summed E-state index contributed by atoms with van der Waals surface area (Å²) in [5.41, 5.74) is 5.83. The van der Waals surface area contributed by atoms with Crippen LogP contribution in [0, 0.1) is 0 Å². The summed E-state index contributed by atoms with van der Waals surface area (Å²) in [6.45, 7) is 2.86. The van der Waals surface area contributed by atoms with E-state index in [1.54, 1.807) is 18.3 Å². The first-order chi connectivity index (χ1) is 13.9. The second-order valence-corrected chi connectivity index (χ2v) is 8.01. The number of nitrogens with zero attached hydrogens (tertiary/aromatic N) is 2. The standard InChI is InChI=1S/C21H24N4O3S/c1-3-24-20(27)18(17(26)14-23(2)13-16-10-7-11-29-16)19(22)25(21(24)28)12-15-8-5-4-6-9-15/h4-11H,3,12-14,22H2,1-2H3/p+1. The van der Waals surface area contributed by atoms with E-state index in [4.69, 9.17) is 5.73 Å². The zero-order valence-corrected chi connectivity index (χ0v) is 17.4. The van der Waals surface area contributed by atoms with Gasteiger partial charge in [0.05, 0.1) is 18.5 Å². The fourth-order valence-electron chi connectivity index (χ4n) is 3.31. The van der Waals surface area contributed by atoms with Crippen molar-refractivity contribution in [1.29, 1.82) is 0 Å². The summed E-state index contributed by atoms with van der Waals surface area (Å²) in [6.07, 6.45) is 0. The van der Waals surface area contributed by atoms with Crippen molar-refractivity contribution < 1.29 is 9.69 Å². The summed E-state index contributed by atoms with van der Waals surface area (Å²) in [7, 11) is 1.89. The minimum atomic E-state index is -0.617. The molecule has 1 aromatic carbocycles. The average Bonchev–Trinajstić information content (AvgIpc) is 3.19. The Bertz CT molecular complexity index is 1100. The smallest absolute Gasteiger partial charge is 0.332 e. The Hall–Kier alpha value is -2.97. The molecule has 0 bridgehead atoms. The van der Waals surface area contributed by atoms with E-state index < -0.39 is 11.2 Å². The van der Waals surface area contributed by atoms with Gasteiger partial charge in [-0.3, -0.25) is 18.7 Å². The first-order valence-electron chi connectivity index (χ1n) is 9.46. The minimum absolute atomic E-state index is 0.0672. The van der Waals surface area contributed by atoms with Crippen molar-refractivity contribution in [1.82, 2.24) is 9.13 Å². The molecule has 152 valence electrons. The van der Waals surface area contributed by atoms with Gasteiger partial charge in [-0.15, -0.1) is 11.3 Å². The molecule has 1 unspecified atom stereocenters. The topological polar surface area (TPSA) is 91.5 Å². The van der Waals surface area contributed by atoms with E-state index in [1.165, 1.54) is 4.57 Å². The number of carbonyl (C=O) groups is 1. The average molecular weight is 414 g/mol. The molecule has 2 aromatic heterocycles. The van der Waals surface area contributed by atoms with Crippen LogP contribution in [-0.2, 0) is 19.6 Å². The largest absolute Gasteiger partial charge is 0.384 e. The second-order valence-electron chi connectivity index (χ2n) is 6.98. The van der Waals surface area contributed by atoms with Crippen molar-refractivity contribution in [2.75, 3.05) is 19.3 Å². The Morgan fingerprint density at radius 3 is 2.45 bits per heavy atom. The van der Waals surface area contributed by atoms with Gasteiger partial charge in [-0.25, -0.2) is 4.79 Å². The van der Waals surface area contributed by atoms with Crippen molar-refractivity contribution in [2.45, 2.75) is 26.6 Å². The number of nitrogens with one attached hydrogen (secondary N) is 1. The molecule has 0 radical (unpaired) electrons. The molecule has 7 nitrogen and oxygen atoms in total. The molecule has 0 spiro atoms. The lowest BCUT2D eigenvalue weighted by Gasteiger charge is -2.17. The second kappa shape index (κ2) is 9.02. The molecule has 3 N–H and O–H groups in total. The summed E-state index contributed by atoms with van der Waals surface area (Å²) in [5.74, 6) is -0.423. The Balaban J connectivity index is 1.96. The van der Waals surface area contributed by atoms with Crippen molar-refractivity contribution >= 4 is 22.9 Å². The van der Waals surface area contributed by atoms with E-state index >= 15 is 0 Å². The van der Waals surface area contributed by atoms with Gasteiger partial charge in [0.25, 0.3) is 5.56 Å². The lowest BCUT2D eigenvalue weighted by atomic mass is 10.1. The molecule has 0 saturated heterocycles. The number of hydrogen-bond acceptors (Lipinski definition) is 5. The first kappa shape index (κ1) is 20.8. The highest BCUT2D eigenvalue weighted by Crippen LogP contribution is 2.10. The normalized spacial score (nSPS) is 12.1. The van der Waals surface area contributed by atoms with Crippen LogP contribution in [-0.4, -0.2) is 28.5 Å². The zero-order chi connectivity index (χ0) is 21.0. The number of aromatic nitrogens is 2. The molecule has 3 rings (SSSR count). The number of carbonyl (C=O) groups excluding carboxylic acids is 1. The molecular weight excluding hydrogens is 388 g/mol. The monoisotopic (exact) mass is 413 g/mol. The highest BCUT2D eigenvalue weighted by atomic mass is 32.1. The first-order valence-corrected chi connectivity index (χ1v) is 10.3. The molecule has 1 atom stereocenters. The molecule has 0 aliphatic carbocycles. The quantitative estimate of drug-likeness (QED) is 0.530. The summed E-state index contributed by atoms with van der Waals surface area (Å²) < 4.78 is 2.38. The van der Waals surface area contributed by atoms with Gasteiger partial charge in [-0.1, -0.05) is 36.4 Å². The number of hydrogen-bond donors (Lipinski definition) is 2. The fourth-order valence-corrected chi connectivity index (χ4v) is 4.13. The maximum Gasteiger partial charge on any atom is 0.332 e. The number of nitrogen functional groups attached to an aromatic ring is 1. The number of ketones is 1. The molecule has 8 heteroatoms. The van der Waals surface area contributed by atoms with E-state index in [1.807, 2.05) is 54.9 Å². The zero-order valence-electron chi connectivity index (χ0n) is 16.6. The van der Waals surface area contributed by atoms with Gasteiger partial charge in [0.15, 0.2) is 0 Å². The third-order valence-corrected chi connectivity index (χ3v) is 5.64. The van der Waals surface area contributed by atoms with Gasteiger partial charge in [0, 0.05) is 6.54 Å². The van der Waals surface area contributed by atoms with Crippen LogP contribution in [0.15, 0.2) is 57.4 Å². The summed E-state index contributed by atoms with van der Waals surface area (Å²) in [5, 5.41) is 1.99. The summed E-state index contributed by atoms with van der Waals surface area (Å²) in [4.78, 5) is 40.7. The van der Waals surface area contributed by atoms with E-state index in [9.17, 15) is 14.4 Å². The third-order valence-electron chi connectivity index (χ3n) is 4.76. The van der Waals surface area contributed by atoms with Crippen LogP contribution < -0.4 is 21.9 Å². The highest BCUT2D eigenvalue weighted by Gasteiger charge is 2.24. The number of likely N-dealkylation sites (N-methyl/N-ethyl adjacent to an activating group) is 1. The Labute approximate surface area is 172 Å². The van der Waals surface area contributed by atoms with Crippen LogP contribution >= 0.6 is 11.3 Å². The van der Waals surface area contributed by atoms with Gasteiger partial charge < -0.3 is 10.6 Å². The van der Waals surface area contributed by atoms with Crippen LogP contribution in [0.4, 0.5) is 5.82 Å². The molecule has 0 amide bonds. The third kappa shape index (κ3) is 4.55. The number of rotatable bonds is 8. The number of nitrogens with two attached hydrogens (primary N) is 1. The maximum atomic E-state index is 13.0. The number of Topliss-reactive ketones (excluding diaryl/α,β-unsaturated/α-hetero) is 1. The predicted molar refractivity (Wildman–Crippen MR) is 115 cm³/mol. The van der Waals surface area contributed by atoms with Gasteiger partial charge in [-0.05, 0) is 23.9 Å². The molecule has 29 heavy (non-hydrogen) atoms. The number of quaternary nitrogens is 1. The van der Waals surface area contributed by atoms with E-state index in [0.29, 0.717) is 6.54 Å². The fraction of sp³-hybridized carbons (Fsp3) is 0.286. The summed E-state index contributed by atoms with van der Waals surface area (Å²) >= 11 is 1.62. The molecule has 2 heterocycles. The van der Waals surface area contributed by atoms with Gasteiger partial charge in [0.1, 0.15) is 24.5 Å². The van der Waals surface area contributed by atoms with Gasteiger partial charge in [-0.2, -0.15) is 0 Å².